The van der Waals surface area contributed by atoms with Crippen molar-refractivity contribution in [3.63, 3.8) is 0 Å². The molecule has 1 saturated heterocycles. The molecule has 0 N–H and O–H groups in total. The largest absolute Gasteiger partial charge is 0.353 e. The van der Waals surface area contributed by atoms with E-state index in [0.29, 0.717) is 42.9 Å². The highest BCUT2D eigenvalue weighted by atomic mass is 16.6. The summed E-state index contributed by atoms with van der Waals surface area (Å²) in [5.41, 5.74) is 1.28. The molecule has 3 aromatic rings. The van der Waals surface area contributed by atoms with E-state index in [-0.39, 0.29) is 23.7 Å². The molecule has 0 unspecified atom stereocenters. The maximum absolute atomic E-state index is 12.7. The molecule has 3 heterocycles. The van der Waals surface area contributed by atoms with Crippen molar-refractivity contribution in [2.75, 3.05) is 31.1 Å². The number of pyridine rings is 1. The number of aromatic nitrogens is 3. The average Bonchev–Trinajstić information content (AvgIpc) is 2.76. The van der Waals surface area contributed by atoms with Crippen molar-refractivity contribution in [2.45, 2.75) is 13.5 Å². The first-order valence-electron chi connectivity index (χ1n) is 9.52. The van der Waals surface area contributed by atoms with E-state index in [4.69, 9.17) is 0 Å². The van der Waals surface area contributed by atoms with Gasteiger partial charge in [-0.2, -0.15) is 0 Å². The fourth-order valence-electron chi connectivity index (χ4n) is 3.55. The summed E-state index contributed by atoms with van der Waals surface area (Å²) in [5, 5.41) is 11.2. The van der Waals surface area contributed by atoms with Crippen LogP contribution in [0.4, 0.5) is 11.5 Å². The second-order valence-corrected chi connectivity index (χ2v) is 7.15. The Morgan fingerprint density at radius 1 is 1.13 bits per heavy atom. The number of carbonyl (C=O) groups is 1. The number of anilines is 1. The molecule has 30 heavy (non-hydrogen) atoms. The minimum Gasteiger partial charge on any atom is -0.353 e. The molecule has 10 heteroatoms. The van der Waals surface area contributed by atoms with Crippen molar-refractivity contribution in [2.24, 2.45) is 0 Å². The molecular formula is C20H20N6O4. The third-order valence-electron chi connectivity index (χ3n) is 5.26. The lowest BCUT2D eigenvalue weighted by molar-refractivity contribution is -0.385. The van der Waals surface area contributed by atoms with Gasteiger partial charge in [0.15, 0.2) is 0 Å². The van der Waals surface area contributed by atoms with Crippen LogP contribution >= 0.6 is 0 Å². The number of hydrogen-bond acceptors (Lipinski definition) is 7. The molecule has 0 aliphatic carbocycles. The van der Waals surface area contributed by atoms with Crippen LogP contribution in [0.2, 0.25) is 0 Å². The zero-order chi connectivity index (χ0) is 21.3. The molecule has 0 bridgehead atoms. The van der Waals surface area contributed by atoms with Gasteiger partial charge in [0.25, 0.3) is 11.2 Å². The second-order valence-electron chi connectivity index (χ2n) is 7.15. The normalized spacial score (nSPS) is 14.2. The molecule has 4 rings (SSSR count). The molecule has 1 aliphatic heterocycles. The molecule has 0 radical (unpaired) electrons. The molecule has 1 aliphatic rings. The number of hydrogen-bond donors (Lipinski definition) is 0. The highest BCUT2D eigenvalue weighted by Crippen LogP contribution is 2.17. The van der Waals surface area contributed by atoms with E-state index in [2.05, 4.69) is 9.97 Å². The summed E-state index contributed by atoms with van der Waals surface area (Å²) in [6, 6.07) is 8.44. The SMILES string of the molecule is Cc1cccc2c(=O)n(CC(=O)N3CCN(c4ccc([N+](=O)[O-])cn4)CC3)cnc12. The van der Waals surface area contributed by atoms with E-state index in [9.17, 15) is 19.7 Å². The molecule has 154 valence electrons. The number of fused-ring (bicyclic) bond motifs is 1. The number of para-hydroxylation sites is 1. The van der Waals surface area contributed by atoms with Gasteiger partial charge in [0.2, 0.25) is 5.91 Å². The Kier molecular flexibility index (Phi) is 5.13. The van der Waals surface area contributed by atoms with Crippen LogP contribution in [-0.2, 0) is 11.3 Å². The number of rotatable bonds is 4. The van der Waals surface area contributed by atoms with Crippen molar-refractivity contribution in [1.29, 1.82) is 0 Å². The van der Waals surface area contributed by atoms with Crippen LogP contribution in [-0.4, -0.2) is 56.4 Å². The average molecular weight is 408 g/mol. The monoisotopic (exact) mass is 408 g/mol. The van der Waals surface area contributed by atoms with Gasteiger partial charge in [-0.05, 0) is 24.6 Å². The summed E-state index contributed by atoms with van der Waals surface area (Å²) in [5.74, 6) is 0.486. The summed E-state index contributed by atoms with van der Waals surface area (Å²) in [4.78, 5) is 47.8. The van der Waals surface area contributed by atoms with Crippen LogP contribution in [0.3, 0.4) is 0 Å². The van der Waals surface area contributed by atoms with E-state index in [1.165, 1.54) is 23.2 Å². The van der Waals surface area contributed by atoms with Crippen molar-refractivity contribution in [3.05, 3.63) is 68.9 Å². The van der Waals surface area contributed by atoms with Gasteiger partial charge in [-0.25, -0.2) is 9.97 Å². The maximum Gasteiger partial charge on any atom is 0.287 e. The summed E-state index contributed by atoms with van der Waals surface area (Å²) in [6.07, 6.45) is 2.65. The standard InChI is InChI=1S/C20H20N6O4/c1-14-3-2-4-16-19(14)22-13-25(20(16)28)12-18(27)24-9-7-23(8-10-24)17-6-5-15(11-21-17)26(29)30/h2-6,11,13H,7-10,12H2,1H3. The van der Waals surface area contributed by atoms with E-state index < -0.39 is 4.92 Å². The highest BCUT2D eigenvalue weighted by molar-refractivity contribution is 5.81. The van der Waals surface area contributed by atoms with E-state index >= 15 is 0 Å². The summed E-state index contributed by atoms with van der Waals surface area (Å²) in [7, 11) is 0. The predicted octanol–water partition coefficient (Wildman–Crippen LogP) is 1.36. The fourth-order valence-corrected chi connectivity index (χ4v) is 3.55. The summed E-state index contributed by atoms with van der Waals surface area (Å²) in [6.45, 7) is 3.90. The third-order valence-corrected chi connectivity index (χ3v) is 5.26. The molecule has 1 amide bonds. The zero-order valence-electron chi connectivity index (χ0n) is 16.4. The molecule has 0 saturated carbocycles. The van der Waals surface area contributed by atoms with Gasteiger partial charge in [-0.3, -0.25) is 24.3 Å². The second kappa shape index (κ2) is 7.90. The van der Waals surface area contributed by atoms with Crippen molar-refractivity contribution < 1.29 is 9.72 Å². The number of aryl methyl sites for hydroxylation is 1. The first kappa shape index (κ1) is 19.5. The Hall–Kier alpha value is -3.82. The van der Waals surface area contributed by atoms with Crippen molar-refractivity contribution in [3.8, 4) is 0 Å². The van der Waals surface area contributed by atoms with Gasteiger partial charge in [-0.15, -0.1) is 0 Å². The number of amides is 1. The van der Waals surface area contributed by atoms with Gasteiger partial charge >= 0.3 is 0 Å². The van der Waals surface area contributed by atoms with E-state index in [1.807, 2.05) is 17.9 Å². The summed E-state index contributed by atoms with van der Waals surface area (Å²) < 4.78 is 1.34. The molecule has 0 atom stereocenters. The highest BCUT2D eigenvalue weighted by Gasteiger charge is 2.23. The van der Waals surface area contributed by atoms with Crippen LogP contribution in [0.15, 0.2) is 47.7 Å². The number of piperazine rings is 1. The Bertz CT molecular complexity index is 1170. The zero-order valence-corrected chi connectivity index (χ0v) is 16.4. The minimum atomic E-state index is -0.488. The molecular weight excluding hydrogens is 388 g/mol. The fraction of sp³-hybridized carbons (Fsp3) is 0.300. The number of nitrogens with zero attached hydrogens (tertiary/aromatic N) is 6. The third kappa shape index (κ3) is 3.71. The molecule has 2 aromatic heterocycles. The first-order chi connectivity index (χ1) is 14.4. The number of carbonyl (C=O) groups excluding carboxylic acids is 1. The lowest BCUT2D eigenvalue weighted by Gasteiger charge is -2.35. The predicted molar refractivity (Wildman–Crippen MR) is 110 cm³/mol. The van der Waals surface area contributed by atoms with Crippen LogP contribution in [0.25, 0.3) is 10.9 Å². The Balaban J connectivity index is 1.41. The number of nitro groups is 1. The van der Waals surface area contributed by atoms with Crippen LogP contribution in [0.5, 0.6) is 0 Å². The van der Waals surface area contributed by atoms with Crippen molar-refractivity contribution >= 4 is 28.3 Å². The quantitative estimate of drug-likeness (QED) is 0.473. The van der Waals surface area contributed by atoms with Crippen LogP contribution < -0.4 is 10.5 Å². The van der Waals surface area contributed by atoms with Crippen molar-refractivity contribution in [1.82, 2.24) is 19.4 Å². The smallest absolute Gasteiger partial charge is 0.287 e. The van der Waals surface area contributed by atoms with Crippen LogP contribution in [0, 0.1) is 17.0 Å². The summed E-state index contributed by atoms with van der Waals surface area (Å²) >= 11 is 0. The topological polar surface area (TPSA) is 114 Å². The minimum absolute atomic E-state index is 0.0582. The maximum atomic E-state index is 12.7. The number of benzene rings is 1. The Morgan fingerprint density at radius 3 is 2.57 bits per heavy atom. The lowest BCUT2D eigenvalue weighted by Crippen LogP contribution is -2.50. The van der Waals surface area contributed by atoms with Gasteiger partial charge in [0.05, 0.1) is 22.2 Å². The molecule has 10 nitrogen and oxygen atoms in total. The van der Waals surface area contributed by atoms with Gasteiger partial charge < -0.3 is 9.80 Å². The molecule has 1 fully saturated rings. The van der Waals surface area contributed by atoms with E-state index in [1.54, 1.807) is 23.1 Å². The van der Waals surface area contributed by atoms with Gasteiger partial charge in [-0.1, -0.05) is 12.1 Å². The van der Waals surface area contributed by atoms with Crippen LogP contribution in [0.1, 0.15) is 5.56 Å². The molecule has 1 aromatic carbocycles. The lowest BCUT2D eigenvalue weighted by atomic mass is 10.1. The van der Waals surface area contributed by atoms with E-state index in [0.717, 1.165) is 5.56 Å². The molecule has 0 spiro atoms. The first-order valence-corrected chi connectivity index (χ1v) is 9.52. The van der Waals surface area contributed by atoms with Gasteiger partial charge in [0.1, 0.15) is 18.6 Å². The Morgan fingerprint density at radius 2 is 1.90 bits per heavy atom. The Labute approximate surface area is 171 Å². The van der Waals surface area contributed by atoms with Gasteiger partial charge in [0, 0.05) is 32.2 Å².